The molecule has 2 heterocycles. The Balaban J connectivity index is 1.65. The number of aryl methyl sites for hydroxylation is 1. The van der Waals surface area contributed by atoms with Crippen LogP contribution in [0, 0.1) is 12.8 Å². The van der Waals surface area contributed by atoms with Crippen molar-refractivity contribution in [3.05, 3.63) is 11.7 Å². The third-order valence-corrected chi connectivity index (χ3v) is 3.55. The maximum Gasteiger partial charge on any atom is 0.410 e. The number of carbonyl (C=O) groups excluding carboxylic acids is 1. The molecule has 0 radical (unpaired) electrons. The highest BCUT2D eigenvalue weighted by Gasteiger charge is 2.26. The van der Waals surface area contributed by atoms with E-state index in [0.29, 0.717) is 24.2 Å². The van der Waals surface area contributed by atoms with E-state index in [1.807, 2.05) is 20.8 Å². The maximum absolute atomic E-state index is 12.0. The molecule has 1 aromatic heterocycles. The Labute approximate surface area is 131 Å². The Morgan fingerprint density at radius 2 is 2.09 bits per heavy atom. The molecule has 1 aromatic rings. The minimum atomic E-state index is -0.432. The van der Waals surface area contributed by atoms with Crippen LogP contribution in [0.25, 0.3) is 0 Å². The highest BCUT2D eigenvalue weighted by Crippen LogP contribution is 2.19. The molecule has 2 rings (SSSR count). The number of hydrogen-bond acceptors (Lipinski definition) is 6. The zero-order chi connectivity index (χ0) is 16.2. The first kappa shape index (κ1) is 16.7. The molecule has 1 fully saturated rings. The van der Waals surface area contributed by atoms with Crippen molar-refractivity contribution in [1.29, 1.82) is 0 Å². The summed E-state index contributed by atoms with van der Waals surface area (Å²) in [5.74, 6) is 1.83. The summed E-state index contributed by atoms with van der Waals surface area (Å²) in [6, 6.07) is 0. The van der Waals surface area contributed by atoms with Crippen molar-refractivity contribution in [3.63, 3.8) is 0 Å². The van der Waals surface area contributed by atoms with Crippen molar-refractivity contribution in [2.45, 2.75) is 52.7 Å². The van der Waals surface area contributed by atoms with Gasteiger partial charge in [-0.1, -0.05) is 5.16 Å². The fourth-order valence-corrected chi connectivity index (χ4v) is 2.45. The summed E-state index contributed by atoms with van der Waals surface area (Å²) in [5, 5.41) is 7.20. The number of rotatable bonds is 4. The second-order valence-electron chi connectivity index (χ2n) is 6.77. The van der Waals surface area contributed by atoms with Crippen LogP contribution in [-0.4, -0.2) is 46.4 Å². The number of piperidine rings is 1. The van der Waals surface area contributed by atoms with Gasteiger partial charge < -0.3 is 19.5 Å². The quantitative estimate of drug-likeness (QED) is 0.917. The summed E-state index contributed by atoms with van der Waals surface area (Å²) < 4.78 is 10.3. The van der Waals surface area contributed by atoms with Gasteiger partial charge in [-0.2, -0.15) is 4.98 Å². The number of carbonyl (C=O) groups is 1. The van der Waals surface area contributed by atoms with Gasteiger partial charge in [0.2, 0.25) is 5.89 Å². The molecule has 7 heteroatoms. The summed E-state index contributed by atoms with van der Waals surface area (Å²) in [7, 11) is 0. The van der Waals surface area contributed by atoms with Gasteiger partial charge in [-0.3, -0.25) is 0 Å². The monoisotopic (exact) mass is 310 g/mol. The molecule has 0 unspecified atom stereocenters. The molecule has 1 N–H and O–H groups in total. The minimum Gasteiger partial charge on any atom is -0.444 e. The number of aromatic nitrogens is 2. The molecule has 0 aliphatic carbocycles. The van der Waals surface area contributed by atoms with Crippen LogP contribution in [0.1, 0.15) is 45.3 Å². The van der Waals surface area contributed by atoms with Crippen LogP contribution in [0.5, 0.6) is 0 Å². The Bertz CT molecular complexity index is 487. The summed E-state index contributed by atoms with van der Waals surface area (Å²) >= 11 is 0. The molecular formula is C15H26N4O3. The Morgan fingerprint density at radius 1 is 1.41 bits per heavy atom. The van der Waals surface area contributed by atoms with E-state index in [9.17, 15) is 4.79 Å². The fraction of sp³-hybridized carbons (Fsp3) is 0.800. The molecule has 0 aromatic carbocycles. The van der Waals surface area contributed by atoms with E-state index in [1.165, 1.54) is 0 Å². The van der Waals surface area contributed by atoms with Gasteiger partial charge in [0.05, 0.1) is 6.54 Å². The molecule has 1 amide bonds. The van der Waals surface area contributed by atoms with Crippen LogP contribution in [0.2, 0.25) is 0 Å². The molecular weight excluding hydrogens is 284 g/mol. The maximum atomic E-state index is 12.0. The normalized spacial score (nSPS) is 16.8. The summed E-state index contributed by atoms with van der Waals surface area (Å²) in [6.07, 6.45) is 1.76. The lowest BCUT2D eigenvalue weighted by atomic mass is 9.97. The first-order valence-electron chi connectivity index (χ1n) is 7.81. The van der Waals surface area contributed by atoms with Crippen molar-refractivity contribution >= 4 is 6.09 Å². The molecule has 1 aliphatic rings. The van der Waals surface area contributed by atoms with Crippen LogP contribution in [0.15, 0.2) is 4.52 Å². The van der Waals surface area contributed by atoms with E-state index >= 15 is 0 Å². The van der Waals surface area contributed by atoms with E-state index < -0.39 is 5.60 Å². The first-order valence-corrected chi connectivity index (χ1v) is 7.81. The molecule has 22 heavy (non-hydrogen) atoms. The first-order chi connectivity index (χ1) is 10.3. The lowest BCUT2D eigenvalue weighted by Crippen LogP contribution is -2.43. The van der Waals surface area contributed by atoms with Crippen LogP contribution in [0.3, 0.4) is 0 Å². The smallest absolute Gasteiger partial charge is 0.410 e. The van der Waals surface area contributed by atoms with Crippen LogP contribution < -0.4 is 5.32 Å². The third-order valence-electron chi connectivity index (χ3n) is 3.55. The van der Waals surface area contributed by atoms with Crippen molar-refractivity contribution < 1.29 is 14.1 Å². The molecule has 7 nitrogen and oxygen atoms in total. The predicted octanol–water partition coefficient (Wildman–Crippen LogP) is 2.11. The molecule has 0 spiro atoms. The van der Waals surface area contributed by atoms with Crippen molar-refractivity contribution in [2.24, 2.45) is 5.92 Å². The van der Waals surface area contributed by atoms with Crippen molar-refractivity contribution in [2.75, 3.05) is 19.6 Å². The number of hydrogen-bond donors (Lipinski definition) is 1. The lowest BCUT2D eigenvalue weighted by molar-refractivity contribution is 0.0184. The van der Waals surface area contributed by atoms with Crippen LogP contribution in [0.4, 0.5) is 4.79 Å². The van der Waals surface area contributed by atoms with Gasteiger partial charge in [0.25, 0.3) is 0 Å². The van der Waals surface area contributed by atoms with E-state index in [4.69, 9.17) is 9.26 Å². The SMILES string of the molecule is Cc1nc(CNCC2CCN(C(=O)OC(C)(C)C)CC2)no1. The van der Waals surface area contributed by atoms with Crippen LogP contribution in [-0.2, 0) is 11.3 Å². The lowest BCUT2D eigenvalue weighted by Gasteiger charge is -2.33. The van der Waals surface area contributed by atoms with Gasteiger partial charge in [0.15, 0.2) is 5.82 Å². The van der Waals surface area contributed by atoms with Gasteiger partial charge in [-0.15, -0.1) is 0 Å². The van der Waals surface area contributed by atoms with Crippen molar-refractivity contribution in [3.8, 4) is 0 Å². The molecule has 0 atom stereocenters. The van der Waals surface area contributed by atoms with Gasteiger partial charge in [0.1, 0.15) is 5.60 Å². The van der Waals surface area contributed by atoms with Gasteiger partial charge in [-0.25, -0.2) is 4.79 Å². The molecule has 1 saturated heterocycles. The fourth-order valence-electron chi connectivity index (χ4n) is 2.45. The molecule has 124 valence electrons. The minimum absolute atomic E-state index is 0.207. The highest BCUT2D eigenvalue weighted by atomic mass is 16.6. The summed E-state index contributed by atoms with van der Waals surface area (Å²) in [6.45, 7) is 10.5. The topological polar surface area (TPSA) is 80.5 Å². The molecule has 1 aliphatic heterocycles. The standard InChI is InChI=1S/C15H26N4O3/c1-11-17-13(18-22-11)10-16-9-12-5-7-19(8-6-12)14(20)21-15(2,3)4/h12,16H,5-10H2,1-4H3. The second kappa shape index (κ2) is 7.09. The average molecular weight is 310 g/mol. The Kier molecular flexibility index (Phi) is 5.39. The highest BCUT2D eigenvalue weighted by molar-refractivity contribution is 5.68. The summed E-state index contributed by atoms with van der Waals surface area (Å²) in [5.41, 5.74) is -0.432. The van der Waals surface area contributed by atoms with E-state index in [-0.39, 0.29) is 6.09 Å². The largest absolute Gasteiger partial charge is 0.444 e. The summed E-state index contributed by atoms with van der Waals surface area (Å²) in [4.78, 5) is 17.9. The second-order valence-corrected chi connectivity index (χ2v) is 6.77. The van der Waals surface area contributed by atoms with E-state index in [1.54, 1.807) is 11.8 Å². The molecule has 0 bridgehead atoms. The van der Waals surface area contributed by atoms with Crippen molar-refractivity contribution in [1.82, 2.24) is 20.4 Å². The average Bonchev–Trinajstić information content (AvgIpc) is 2.83. The number of likely N-dealkylation sites (tertiary alicyclic amines) is 1. The predicted molar refractivity (Wildman–Crippen MR) is 81.3 cm³/mol. The zero-order valence-corrected chi connectivity index (χ0v) is 13.9. The van der Waals surface area contributed by atoms with E-state index in [2.05, 4.69) is 15.5 Å². The van der Waals surface area contributed by atoms with Gasteiger partial charge >= 0.3 is 6.09 Å². The number of nitrogens with one attached hydrogen (secondary N) is 1. The van der Waals surface area contributed by atoms with E-state index in [0.717, 1.165) is 32.5 Å². The Morgan fingerprint density at radius 3 is 2.64 bits per heavy atom. The third kappa shape index (κ3) is 5.29. The van der Waals surface area contributed by atoms with Crippen LogP contribution >= 0.6 is 0 Å². The number of amides is 1. The van der Waals surface area contributed by atoms with Gasteiger partial charge in [-0.05, 0) is 46.1 Å². The number of ether oxygens (including phenoxy) is 1. The number of nitrogens with zero attached hydrogens (tertiary/aromatic N) is 3. The Hall–Kier alpha value is -1.63. The zero-order valence-electron chi connectivity index (χ0n) is 13.9. The van der Waals surface area contributed by atoms with Gasteiger partial charge in [0, 0.05) is 20.0 Å². The molecule has 0 saturated carbocycles.